The van der Waals surface area contributed by atoms with E-state index in [4.69, 9.17) is 10.2 Å². The summed E-state index contributed by atoms with van der Waals surface area (Å²) in [6.45, 7) is 2.37. The van der Waals surface area contributed by atoms with E-state index in [1.165, 1.54) is 12.1 Å². The van der Waals surface area contributed by atoms with Crippen molar-refractivity contribution >= 4 is 15.9 Å². The Labute approximate surface area is 192 Å². The molecule has 0 aliphatic heterocycles. The van der Waals surface area contributed by atoms with Gasteiger partial charge in [-0.05, 0) is 30.2 Å². The lowest BCUT2D eigenvalue weighted by Crippen LogP contribution is -2.27. The zero-order valence-electron chi connectivity index (χ0n) is 18.0. The van der Waals surface area contributed by atoms with Crippen molar-refractivity contribution < 1.29 is 13.2 Å². The summed E-state index contributed by atoms with van der Waals surface area (Å²) in [5.41, 5.74) is 3.74. The normalized spacial score (nSPS) is 12.3. The van der Waals surface area contributed by atoms with E-state index in [2.05, 4.69) is 5.32 Å². The maximum atomic E-state index is 13.2. The van der Waals surface area contributed by atoms with Crippen LogP contribution in [-0.2, 0) is 16.6 Å². The van der Waals surface area contributed by atoms with E-state index in [9.17, 15) is 13.2 Å². The van der Waals surface area contributed by atoms with Crippen LogP contribution in [0.3, 0.4) is 0 Å². The minimum Gasteiger partial charge on any atom is -0.345 e. The topological polar surface area (TPSA) is 107 Å². The zero-order chi connectivity index (χ0) is 23.4. The molecule has 0 bridgehead atoms. The Morgan fingerprint density at radius 3 is 2.18 bits per heavy atom. The highest BCUT2D eigenvalue weighted by molar-refractivity contribution is 7.89. The molecule has 1 amide bonds. The first-order chi connectivity index (χ1) is 15.8. The van der Waals surface area contributed by atoms with Gasteiger partial charge in [0.25, 0.3) is 5.91 Å². The zero-order valence-corrected chi connectivity index (χ0v) is 18.9. The van der Waals surface area contributed by atoms with E-state index in [-0.39, 0.29) is 16.8 Å². The van der Waals surface area contributed by atoms with Gasteiger partial charge < -0.3 is 5.32 Å². The molecule has 0 spiro atoms. The number of benzene rings is 3. The van der Waals surface area contributed by atoms with Crippen LogP contribution in [0.25, 0.3) is 11.3 Å². The number of carbonyl (C=O) groups excluding carboxylic acids is 1. The van der Waals surface area contributed by atoms with Crippen molar-refractivity contribution in [3.63, 3.8) is 0 Å². The Kier molecular flexibility index (Phi) is 6.39. The van der Waals surface area contributed by atoms with Crippen LogP contribution in [0, 0.1) is 0 Å². The van der Waals surface area contributed by atoms with E-state index in [1.807, 2.05) is 67.6 Å². The molecule has 0 fully saturated rings. The quantitative estimate of drug-likeness (QED) is 0.438. The third kappa shape index (κ3) is 5.36. The molecule has 4 rings (SSSR count). The van der Waals surface area contributed by atoms with Crippen molar-refractivity contribution in [3.05, 3.63) is 108 Å². The van der Waals surface area contributed by atoms with Crippen molar-refractivity contribution in [3.8, 4) is 11.3 Å². The fourth-order valence-corrected chi connectivity index (χ4v) is 4.07. The molecule has 8 heteroatoms. The van der Waals surface area contributed by atoms with E-state index >= 15 is 0 Å². The van der Waals surface area contributed by atoms with Gasteiger partial charge in [0.1, 0.15) is 5.69 Å². The van der Waals surface area contributed by atoms with Crippen molar-refractivity contribution in [2.45, 2.75) is 24.4 Å². The van der Waals surface area contributed by atoms with Crippen LogP contribution in [0.1, 0.15) is 34.5 Å². The number of hydrogen-bond donors (Lipinski definition) is 2. The summed E-state index contributed by atoms with van der Waals surface area (Å²) in [6, 6.07) is 25.3. The van der Waals surface area contributed by atoms with E-state index < -0.39 is 10.0 Å². The Morgan fingerprint density at radius 2 is 1.58 bits per heavy atom. The molecule has 7 nitrogen and oxygen atoms in total. The molecule has 0 aliphatic carbocycles. The largest absolute Gasteiger partial charge is 0.345 e. The van der Waals surface area contributed by atoms with Gasteiger partial charge in [-0.15, -0.1) is 0 Å². The smallest absolute Gasteiger partial charge is 0.255 e. The number of nitrogens with zero attached hydrogens (tertiary/aromatic N) is 2. The highest BCUT2D eigenvalue weighted by Gasteiger charge is 2.20. The first-order valence-electron chi connectivity index (χ1n) is 10.4. The van der Waals surface area contributed by atoms with Gasteiger partial charge >= 0.3 is 0 Å². The number of hydrogen-bond acceptors (Lipinski definition) is 4. The van der Waals surface area contributed by atoms with Crippen molar-refractivity contribution in [2.75, 3.05) is 0 Å². The van der Waals surface area contributed by atoms with Gasteiger partial charge in [0.15, 0.2) is 0 Å². The minimum atomic E-state index is -3.77. The second-order valence-electron chi connectivity index (χ2n) is 7.75. The van der Waals surface area contributed by atoms with Crippen molar-refractivity contribution in [1.82, 2.24) is 15.1 Å². The van der Waals surface area contributed by atoms with Gasteiger partial charge in [-0.3, -0.25) is 9.48 Å². The molecule has 3 aromatic carbocycles. The molecular weight excluding hydrogens is 436 g/mol. The molecule has 168 valence electrons. The molecule has 33 heavy (non-hydrogen) atoms. The summed E-state index contributed by atoms with van der Waals surface area (Å²) < 4.78 is 24.7. The van der Waals surface area contributed by atoms with Crippen LogP contribution in [0.4, 0.5) is 0 Å². The van der Waals surface area contributed by atoms with Gasteiger partial charge in [-0.1, -0.05) is 72.8 Å². The first-order valence-corrected chi connectivity index (χ1v) is 12.0. The summed E-state index contributed by atoms with van der Waals surface area (Å²) in [7, 11) is -3.77. The lowest BCUT2D eigenvalue weighted by molar-refractivity contribution is 0.0940. The average molecular weight is 461 g/mol. The predicted octanol–water partition coefficient (Wildman–Crippen LogP) is 3.74. The maximum absolute atomic E-state index is 13.2. The van der Waals surface area contributed by atoms with Crippen molar-refractivity contribution in [2.24, 2.45) is 5.14 Å². The highest BCUT2D eigenvalue weighted by Crippen LogP contribution is 2.24. The van der Waals surface area contributed by atoms with Gasteiger partial charge in [0.2, 0.25) is 10.0 Å². The molecule has 1 aromatic heterocycles. The highest BCUT2D eigenvalue weighted by atomic mass is 32.2. The Bertz CT molecular complexity index is 1350. The number of amides is 1. The van der Waals surface area contributed by atoms with Gasteiger partial charge in [-0.2, -0.15) is 5.10 Å². The minimum absolute atomic E-state index is 0.0262. The molecule has 0 saturated carbocycles. The molecule has 0 unspecified atom stereocenters. The number of rotatable bonds is 7. The number of carbonyl (C=O) groups is 1. The molecule has 0 radical (unpaired) electrons. The molecule has 0 saturated heterocycles. The summed E-state index contributed by atoms with van der Waals surface area (Å²) >= 11 is 0. The summed E-state index contributed by atoms with van der Waals surface area (Å²) in [6.07, 6.45) is 1.75. The Balaban J connectivity index is 1.60. The fourth-order valence-electron chi connectivity index (χ4n) is 3.55. The van der Waals surface area contributed by atoms with Crippen LogP contribution in [0.2, 0.25) is 0 Å². The first kappa shape index (κ1) is 22.4. The third-order valence-electron chi connectivity index (χ3n) is 5.30. The van der Waals surface area contributed by atoms with E-state index in [0.717, 1.165) is 16.7 Å². The van der Waals surface area contributed by atoms with Crippen LogP contribution >= 0.6 is 0 Å². The third-order valence-corrected chi connectivity index (χ3v) is 6.23. The summed E-state index contributed by atoms with van der Waals surface area (Å²) in [4.78, 5) is 13.3. The van der Waals surface area contributed by atoms with Crippen LogP contribution < -0.4 is 10.5 Å². The van der Waals surface area contributed by atoms with E-state index in [1.54, 1.807) is 23.0 Å². The number of nitrogens with two attached hydrogens (primary N) is 1. The van der Waals surface area contributed by atoms with Gasteiger partial charge in [-0.25, -0.2) is 13.6 Å². The molecule has 4 aromatic rings. The Hall–Kier alpha value is -3.75. The number of nitrogens with one attached hydrogen (secondary N) is 1. The number of sulfonamides is 1. The predicted molar refractivity (Wildman–Crippen MR) is 127 cm³/mol. The van der Waals surface area contributed by atoms with Crippen LogP contribution in [0.5, 0.6) is 0 Å². The second kappa shape index (κ2) is 9.40. The average Bonchev–Trinajstić information content (AvgIpc) is 3.24. The van der Waals surface area contributed by atoms with Gasteiger partial charge in [0.05, 0.1) is 23.0 Å². The number of primary sulfonamides is 1. The number of aromatic nitrogens is 2. The molecule has 3 N–H and O–H groups in total. The van der Waals surface area contributed by atoms with Gasteiger partial charge in [0, 0.05) is 11.8 Å². The monoisotopic (exact) mass is 460 g/mol. The Morgan fingerprint density at radius 1 is 0.970 bits per heavy atom. The SMILES string of the molecule is C[C@H](NC(=O)c1cn(Cc2ccccc2)nc1-c1ccccc1)c1ccc(S(N)(=O)=O)cc1. The summed E-state index contributed by atoms with van der Waals surface area (Å²) in [5, 5.41) is 12.8. The molecule has 1 heterocycles. The maximum Gasteiger partial charge on any atom is 0.255 e. The van der Waals surface area contributed by atoms with Crippen molar-refractivity contribution in [1.29, 1.82) is 0 Å². The van der Waals surface area contributed by atoms with E-state index in [0.29, 0.717) is 17.8 Å². The summed E-state index contributed by atoms with van der Waals surface area (Å²) in [5.74, 6) is -0.267. The second-order valence-corrected chi connectivity index (χ2v) is 9.31. The lowest BCUT2D eigenvalue weighted by Gasteiger charge is -2.14. The fraction of sp³-hybridized carbons (Fsp3) is 0.120. The molecule has 1 atom stereocenters. The standard InChI is InChI=1S/C25H24N4O3S/c1-18(20-12-14-22(15-13-20)33(26,31)32)27-25(30)23-17-29(16-19-8-4-2-5-9-19)28-24(23)21-10-6-3-7-11-21/h2-15,17-18H,16H2,1H3,(H,27,30)(H2,26,31,32)/t18-/m0/s1. The molecular formula is C25H24N4O3S. The molecule has 0 aliphatic rings. The lowest BCUT2D eigenvalue weighted by atomic mass is 10.1. The van der Waals surface area contributed by atoms with Crippen LogP contribution in [0.15, 0.2) is 96.0 Å². The van der Waals surface area contributed by atoms with Crippen LogP contribution in [-0.4, -0.2) is 24.1 Å².